The van der Waals surface area contributed by atoms with Crippen molar-refractivity contribution in [1.82, 2.24) is 9.80 Å². The van der Waals surface area contributed by atoms with E-state index in [-0.39, 0.29) is 0 Å². The standard InChI is InChI=1S/C36H42N4S2/c1-3-7-35(8-4-1)41-29-27-37-19-23-39(24-20-37)33-15-11-31(12-16-33)32-13-17-34(18-14-32)40-25-21-38(22-26-40)28-30-42-36-9-5-2-6-10-36/h1-18H,19-30H2. The quantitative estimate of drug-likeness (QED) is 0.169. The van der Waals surface area contributed by atoms with E-state index in [0.29, 0.717) is 0 Å². The average Bonchev–Trinajstić information content (AvgIpc) is 3.07. The molecule has 2 saturated heterocycles. The minimum absolute atomic E-state index is 1.10. The first-order valence-electron chi connectivity index (χ1n) is 15.3. The fourth-order valence-electron chi connectivity index (χ4n) is 5.81. The molecule has 0 aliphatic carbocycles. The zero-order valence-corrected chi connectivity index (χ0v) is 26.1. The molecule has 0 unspecified atom stereocenters. The van der Waals surface area contributed by atoms with E-state index in [1.54, 1.807) is 0 Å². The molecule has 4 aromatic carbocycles. The Labute approximate surface area is 260 Å². The second-order valence-electron chi connectivity index (χ2n) is 11.1. The van der Waals surface area contributed by atoms with E-state index in [4.69, 9.17) is 0 Å². The second-order valence-corrected chi connectivity index (χ2v) is 13.4. The molecular weight excluding hydrogens is 553 g/mol. The fraction of sp³-hybridized carbons (Fsp3) is 0.333. The Kier molecular flexibility index (Phi) is 10.4. The van der Waals surface area contributed by atoms with Crippen molar-refractivity contribution in [3.05, 3.63) is 109 Å². The van der Waals surface area contributed by atoms with Gasteiger partial charge in [-0.25, -0.2) is 0 Å². The molecule has 0 amide bonds. The molecule has 0 spiro atoms. The molecule has 4 aromatic rings. The molecule has 0 radical (unpaired) electrons. The largest absolute Gasteiger partial charge is 0.369 e. The fourth-order valence-corrected chi connectivity index (χ4v) is 7.68. The molecule has 2 heterocycles. The van der Waals surface area contributed by atoms with Gasteiger partial charge < -0.3 is 9.80 Å². The van der Waals surface area contributed by atoms with Crippen LogP contribution in [0.5, 0.6) is 0 Å². The molecule has 2 fully saturated rings. The van der Waals surface area contributed by atoms with Gasteiger partial charge in [0.15, 0.2) is 0 Å². The van der Waals surface area contributed by atoms with Gasteiger partial charge in [0, 0.05) is 98.1 Å². The van der Waals surface area contributed by atoms with Crippen LogP contribution in [-0.2, 0) is 0 Å². The molecule has 0 bridgehead atoms. The summed E-state index contributed by atoms with van der Waals surface area (Å²) in [6.45, 7) is 11.3. The molecule has 0 aromatic heterocycles. The van der Waals surface area contributed by atoms with E-state index >= 15 is 0 Å². The summed E-state index contributed by atoms with van der Waals surface area (Å²) in [5.74, 6) is 2.31. The molecule has 4 nitrogen and oxygen atoms in total. The number of anilines is 2. The maximum Gasteiger partial charge on any atom is 0.0367 e. The van der Waals surface area contributed by atoms with Gasteiger partial charge in [-0.1, -0.05) is 60.7 Å². The van der Waals surface area contributed by atoms with E-state index in [2.05, 4.69) is 129 Å². The van der Waals surface area contributed by atoms with Crippen molar-refractivity contribution < 1.29 is 0 Å². The summed E-state index contributed by atoms with van der Waals surface area (Å²) in [5, 5.41) is 0. The maximum absolute atomic E-state index is 2.60. The minimum Gasteiger partial charge on any atom is -0.369 e. The van der Waals surface area contributed by atoms with Crippen molar-refractivity contribution >= 4 is 34.9 Å². The summed E-state index contributed by atoms with van der Waals surface area (Å²) >= 11 is 3.92. The van der Waals surface area contributed by atoms with E-state index in [1.807, 2.05) is 23.5 Å². The number of hydrogen-bond donors (Lipinski definition) is 0. The van der Waals surface area contributed by atoms with E-state index in [1.165, 1.54) is 32.3 Å². The molecule has 2 aliphatic rings. The number of nitrogens with zero attached hydrogens (tertiary/aromatic N) is 4. The number of piperazine rings is 2. The average molecular weight is 595 g/mol. The molecule has 0 atom stereocenters. The molecule has 0 saturated carbocycles. The highest BCUT2D eigenvalue weighted by molar-refractivity contribution is 7.99. The molecule has 6 rings (SSSR count). The van der Waals surface area contributed by atoms with Gasteiger partial charge >= 0.3 is 0 Å². The molecule has 42 heavy (non-hydrogen) atoms. The number of rotatable bonds is 11. The summed E-state index contributed by atoms with van der Waals surface area (Å²) in [6.07, 6.45) is 0. The molecular formula is C36H42N4S2. The third-order valence-corrected chi connectivity index (χ3v) is 10.4. The monoisotopic (exact) mass is 594 g/mol. The maximum atomic E-state index is 2.60. The van der Waals surface area contributed by atoms with Crippen LogP contribution in [0.1, 0.15) is 0 Å². The highest BCUT2D eigenvalue weighted by atomic mass is 32.2. The lowest BCUT2D eigenvalue weighted by molar-refractivity contribution is 0.273. The van der Waals surface area contributed by atoms with Crippen LogP contribution in [0.4, 0.5) is 11.4 Å². The van der Waals surface area contributed by atoms with Crippen LogP contribution >= 0.6 is 23.5 Å². The number of hydrogen-bond acceptors (Lipinski definition) is 6. The molecule has 6 heteroatoms. The Morgan fingerprint density at radius 1 is 0.405 bits per heavy atom. The first-order valence-corrected chi connectivity index (χ1v) is 17.3. The summed E-state index contributed by atoms with van der Waals surface area (Å²) in [6, 6.07) is 39.9. The number of thioether (sulfide) groups is 2. The predicted molar refractivity (Wildman–Crippen MR) is 184 cm³/mol. The van der Waals surface area contributed by atoms with Crippen LogP contribution in [0.2, 0.25) is 0 Å². The van der Waals surface area contributed by atoms with Crippen molar-refractivity contribution in [3.8, 4) is 11.1 Å². The topological polar surface area (TPSA) is 13.0 Å². The minimum atomic E-state index is 1.10. The third-order valence-electron chi connectivity index (χ3n) is 8.38. The predicted octanol–water partition coefficient (Wildman–Crippen LogP) is 7.18. The highest BCUT2D eigenvalue weighted by Gasteiger charge is 2.18. The second kappa shape index (κ2) is 15.0. The normalized spacial score (nSPS) is 16.6. The van der Waals surface area contributed by atoms with Crippen molar-refractivity contribution in [1.29, 1.82) is 0 Å². The highest BCUT2D eigenvalue weighted by Crippen LogP contribution is 2.27. The smallest absolute Gasteiger partial charge is 0.0367 e. The Morgan fingerprint density at radius 3 is 1.12 bits per heavy atom. The van der Waals surface area contributed by atoms with Crippen molar-refractivity contribution in [3.63, 3.8) is 0 Å². The van der Waals surface area contributed by atoms with Gasteiger partial charge in [-0.15, -0.1) is 23.5 Å². The van der Waals surface area contributed by atoms with Crippen LogP contribution in [-0.4, -0.2) is 86.8 Å². The van der Waals surface area contributed by atoms with Gasteiger partial charge in [0.1, 0.15) is 0 Å². The Morgan fingerprint density at radius 2 is 0.762 bits per heavy atom. The Bertz CT molecular complexity index is 1230. The van der Waals surface area contributed by atoms with Crippen molar-refractivity contribution in [2.45, 2.75) is 9.79 Å². The number of benzene rings is 4. The van der Waals surface area contributed by atoms with E-state index in [0.717, 1.165) is 77.0 Å². The zero-order chi connectivity index (χ0) is 28.4. The van der Waals surface area contributed by atoms with Crippen LogP contribution in [0.25, 0.3) is 11.1 Å². The van der Waals surface area contributed by atoms with Gasteiger partial charge in [0.05, 0.1) is 0 Å². The lowest BCUT2D eigenvalue weighted by atomic mass is 10.0. The Balaban J connectivity index is 0.923. The zero-order valence-electron chi connectivity index (χ0n) is 24.5. The SMILES string of the molecule is c1ccc(SCCN2CCN(c3ccc(-c4ccc(N5CCN(CCSc6ccccc6)CC5)cc4)cc3)CC2)cc1. The third kappa shape index (κ3) is 8.13. The summed E-state index contributed by atoms with van der Waals surface area (Å²) in [4.78, 5) is 13.0. The van der Waals surface area contributed by atoms with Gasteiger partial charge in [-0.2, -0.15) is 0 Å². The lowest BCUT2D eigenvalue weighted by Crippen LogP contribution is -2.47. The molecule has 2 aliphatic heterocycles. The van der Waals surface area contributed by atoms with E-state index in [9.17, 15) is 0 Å². The molecule has 218 valence electrons. The van der Waals surface area contributed by atoms with Crippen molar-refractivity contribution in [2.24, 2.45) is 0 Å². The summed E-state index contributed by atoms with van der Waals surface area (Å²) in [5.41, 5.74) is 5.27. The summed E-state index contributed by atoms with van der Waals surface area (Å²) < 4.78 is 0. The lowest BCUT2D eigenvalue weighted by Gasteiger charge is -2.36. The van der Waals surface area contributed by atoms with Gasteiger partial charge in [-0.05, 0) is 59.7 Å². The molecule has 0 N–H and O–H groups in total. The Hall–Kier alpha value is -2.90. The van der Waals surface area contributed by atoms with Crippen molar-refractivity contribution in [2.75, 3.05) is 86.8 Å². The summed E-state index contributed by atoms with van der Waals surface area (Å²) in [7, 11) is 0. The van der Waals surface area contributed by atoms with Crippen LogP contribution in [0.3, 0.4) is 0 Å². The van der Waals surface area contributed by atoms with E-state index < -0.39 is 0 Å². The first kappa shape index (κ1) is 29.2. The van der Waals surface area contributed by atoms with Gasteiger partial charge in [0.2, 0.25) is 0 Å². The first-order chi connectivity index (χ1) is 20.8. The van der Waals surface area contributed by atoms with Crippen LogP contribution in [0, 0.1) is 0 Å². The van der Waals surface area contributed by atoms with Gasteiger partial charge in [-0.3, -0.25) is 9.80 Å². The van der Waals surface area contributed by atoms with Gasteiger partial charge in [0.25, 0.3) is 0 Å². The van der Waals surface area contributed by atoms with Crippen LogP contribution < -0.4 is 9.80 Å². The van der Waals surface area contributed by atoms with Crippen LogP contribution in [0.15, 0.2) is 119 Å².